The number of aryl methyl sites for hydroxylation is 1. The highest BCUT2D eigenvalue weighted by molar-refractivity contribution is 6.05. The van der Waals surface area contributed by atoms with Crippen LogP contribution in [0.25, 0.3) is 0 Å². The van der Waals surface area contributed by atoms with Crippen molar-refractivity contribution in [2.24, 2.45) is 0 Å². The Morgan fingerprint density at radius 3 is 2.21 bits per heavy atom. The van der Waals surface area contributed by atoms with Gasteiger partial charge in [0.25, 0.3) is 5.91 Å². The maximum atomic E-state index is 12.6. The minimum Gasteiger partial charge on any atom is -0.494 e. The molecule has 6 nitrogen and oxygen atoms in total. The summed E-state index contributed by atoms with van der Waals surface area (Å²) in [7, 11) is 0. The van der Waals surface area contributed by atoms with Crippen molar-refractivity contribution in [3.05, 3.63) is 83.9 Å². The zero-order chi connectivity index (χ0) is 20.6. The third-order valence-electron chi connectivity index (χ3n) is 4.20. The standard InChI is InChI=1S/C23H23N3O3/c1-3-29-20-13-10-17(11-14-20)22(27)26-21-15-19(12-9-16(21)2)25-23(28)24-18-7-5-4-6-8-18/h4-15H,3H2,1-2H3,(H,26,27)(H2,24,25,28). The van der Waals surface area contributed by atoms with Gasteiger partial charge in [-0.3, -0.25) is 4.79 Å². The van der Waals surface area contributed by atoms with Gasteiger partial charge in [-0.05, 0) is 67.9 Å². The third-order valence-corrected chi connectivity index (χ3v) is 4.20. The van der Waals surface area contributed by atoms with Gasteiger partial charge in [0.15, 0.2) is 0 Å². The Morgan fingerprint density at radius 1 is 0.828 bits per heavy atom. The van der Waals surface area contributed by atoms with Crippen molar-refractivity contribution in [1.29, 1.82) is 0 Å². The SMILES string of the molecule is CCOc1ccc(C(=O)Nc2cc(NC(=O)Nc3ccccc3)ccc2C)cc1. The number of urea groups is 1. The van der Waals surface area contributed by atoms with Crippen molar-refractivity contribution in [2.75, 3.05) is 22.6 Å². The Bertz CT molecular complexity index is 986. The summed E-state index contributed by atoms with van der Waals surface area (Å²) < 4.78 is 5.40. The number of carbonyl (C=O) groups is 2. The molecule has 6 heteroatoms. The summed E-state index contributed by atoms with van der Waals surface area (Å²) in [4.78, 5) is 24.7. The molecule has 3 amide bonds. The molecule has 0 aromatic heterocycles. The van der Waals surface area contributed by atoms with E-state index in [1.165, 1.54) is 0 Å². The van der Waals surface area contributed by atoms with E-state index in [9.17, 15) is 9.59 Å². The van der Waals surface area contributed by atoms with Gasteiger partial charge in [0.1, 0.15) is 5.75 Å². The molecule has 3 aromatic rings. The minimum absolute atomic E-state index is 0.234. The maximum absolute atomic E-state index is 12.6. The second kappa shape index (κ2) is 9.41. The minimum atomic E-state index is -0.358. The predicted molar refractivity (Wildman–Crippen MR) is 116 cm³/mol. The van der Waals surface area contributed by atoms with Crippen LogP contribution in [0, 0.1) is 6.92 Å². The predicted octanol–water partition coefficient (Wildman–Crippen LogP) is 5.29. The smallest absolute Gasteiger partial charge is 0.323 e. The molecule has 0 aliphatic carbocycles. The van der Waals surface area contributed by atoms with Gasteiger partial charge in [0, 0.05) is 22.6 Å². The second-order valence-electron chi connectivity index (χ2n) is 6.39. The van der Waals surface area contributed by atoms with Crippen LogP contribution in [0.4, 0.5) is 21.9 Å². The van der Waals surface area contributed by atoms with E-state index < -0.39 is 0 Å². The summed E-state index contributed by atoms with van der Waals surface area (Å²) in [5, 5.41) is 8.42. The van der Waals surface area contributed by atoms with Crippen LogP contribution in [0.3, 0.4) is 0 Å². The van der Waals surface area contributed by atoms with E-state index in [0.717, 1.165) is 11.3 Å². The molecule has 0 fully saturated rings. The highest BCUT2D eigenvalue weighted by atomic mass is 16.5. The van der Waals surface area contributed by atoms with Gasteiger partial charge >= 0.3 is 6.03 Å². The van der Waals surface area contributed by atoms with Crippen molar-refractivity contribution in [2.45, 2.75) is 13.8 Å². The molecule has 0 radical (unpaired) electrons. The second-order valence-corrected chi connectivity index (χ2v) is 6.39. The molecule has 3 rings (SSSR count). The summed E-state index contributed by atoms with van der Waals surface area (Å²) in [5.41, 5.74) is 3.31. The Labute approximate surface area is 169 Å². The fourth-order valence-corrected chi connectivity index (χ4v) is 2.71. The van der Waals surface area contributed by atoms with Crippen molar-refractivity contribution in [1.82, 2.24) is 0 Å². The van der Waals surface area contributed by atoms with E-state index in [-0.39, 0.29) is 11.9 Å². The molecule has 0 aliphatic heterocycles. The molecule has 0 bridgehead atoms. The Morgan fingerprint density at radius 2 is 1.52 bits per heavy atom. The highest BCUT2D eigenvalue weighted by Gasteiger charge is 2.10. The zero-order valence-corrected chi connectivity index (χ0v) is 16.4. The summed E-state index contributed by atoms with van der Waals surface area (Å²) in [5.74, 6) is 0.484. The first-order valence-electron chi connectivity index (χ1n) is 9.33. The Hall–Kier alpha value is -3.80. The van der Waals surface area contributed by atoms with Crippen molar-refractivity contribution in [3.63, 3.8) is 0 Å². The third kappa shape index (κ3) is 5.59. The first kappa shape index (κ1) is 19.9. The van der Waals surface area contributed by atoms with Crippen LogP contribution in [0.2, 0.25) is 0 Å². The van der Waals surface area contributed by atoms with Gasteiger partial charge in [0.05, 0.1) is 6.61 Å². The van der Waals surface area contributed by atoms with E-state index in [1.807, 2.05) is 38.1 Å². The molecule has 0 saturated carbocycles. The molecule has 0 atom stereocenters. The Balaban J connectivity index is 1.66. The van der Waals surface area contributed by atoms with Gasteiger partial charge in [-0.2, -0.15) is 0 Å². The number of hydrogen-bond donors (Lipinski definition) is 3. The van der Waals surface area contributed by atoms with Gasteiger partial charge < -0.3 is 20.7 Å². The van der Waals surface area contributed by atoms with E-state index in [0.29, 0.717) is 29.2 Å². The lowest BCUT2D eigenvalue weighted by Crippen LogP contribution is -2.19. The molecule has 3 N–H and O–H groups in total. The first-order valence-corrected chi connectivity index (χ1v) is 9.33. The van der Waals surface area contributed by atoms with Gasteiger partial charge in [0.2, 0.25) is 0 Å². The molecule has 0 unspecified atom stereocenters. The summed E-state index contributed by atoms with van der Waals surface area (Å²) in [6.45, 7) is 4.37. The number of rotatable bonds is 6. The average molecular weight is 389 g/mol. The number of ether oxygens (including phenoxy) is 1. The number of amides is 3. The topological polar surface area (TPSA) is 79.5 Å². The zero-order valence-electron chi connectivity index (χ0n) is 16.4. The molecule has 0 spiro atoms. The van der Waals surface area contributed by atoms with E-state index >= 15 is 0 Å². The van der Waals surface area contributed by atoms with Crippen LogP contribution >= 0.6 is 0 Å². The lowest BCUT2D eigenvalue weighted by Gasteiger charge is -2.12. The average Bonchev–Trinajstić information content (AvgIpc) is 2.72. The van der Waals surface area contributed by atoms with E-state index in [2.05, 4.69) is 16.0 Å². The number of nitrogens with one attached hydrogen (secondary N) is 3. The fourth-order valence-electron chi connectivity index (χ4n) is 2.71. The van der Waals surface area contributed by atoms with Crippen molar-refractivity contribution >= 4 is 29.0 Å². The molecule has 29 heavy (non-hydrogen) atoms. The Kier molecular flexibility index (Phi) is 6.47. The molecular formula is C23H23N3O3. The largest absolute Gasteiger partial charge is 0.494 e. The van der Waals surface area contributed by atoms with Crippen molar-refractivity contribution in [3.8, 4) is 5.75 Å². The molecule has 0 saturated heterocycles. The van der Waals surface area contributed by atoms with Crippen LogP contribution < -0.4 is 20.7 Å². The first-order chi connectivity index (χ1) is 14.0. The van der Waals surface area contributed by atoms with Crippen LogP contribution in [0.1, 0.15) is 22.8 Å². The number of hydrogen-bond acceptors (Lipinski definition) is 3. The van der Waals surface area contributed by atoms with Crippen LogP contribution in [0.15, 0.2) is 72.8 Å². The number of carbonyl (C=O) groups excluding carboxylic acids is 2. The van der Waals surface area contributed by atoms with Crippen LogP contribution in [-0.4, -0.2) is 18.5 Å². The maximum Gasteiger partial charge on any atom is 0.323 e. The molecule has 148 valence electrons. The fraction of sp³-hybridized carbons (Fsp3) is 0.130. The summed E-state index contributed by atoms with van der Waals surface area (Å²) in [6.07, 6.45) is 0. The lowest BCUT2D eigenvalue weighted by atomic mass is 10.1. The normalized spacial score (nSPS) is 10.1. The summed E-state index contributed by atoms with van der Waals surface area (Å²) >= 11 is 0. The molecule has 0 heterocycles. The summed E-state index contributed by atoms with van der Waals surface area (Å²) in [6, 6.07) is 21.1. The van der Waals surface area contributed by atoms with Gasteiger partial charge in [-0.25, -0.2) is 4.79 Å². The van der Waals surface area contributed by atoms with E-state index in [4.69, 9.17) is 4.74 Å². The van der Waals surface area contributed by atoms with Gasteiger partial charge in [-0.1, -0.05) is 24.3 Å². The molecule has 0 aliphatic rings. The van der Waals surface area contributed by atoms with Crippen molar-refractivity contribution < 1.29 is 14.3 Å². The number of para-hydroxylation sites is 1. The molecule has 3 aromatic carbocycles. The quantitative estimate of drug-likeness (QED) is 0.536. The molecular weight excluding hydrogens is 366 g/mol. The lowest BCUT2D eigenvalue weighted by molar-refractivity contribution is 0.102. The monoisotopic (exact) mass is 389 g/mol. The van der Waals surface area contributed by atoms with Gasteiger partial charge in [-0.15, -0.1) is 0 Å². The van der Waals surface area contributed by atoms with Crippen LogP contribution in [-0.2, 0) is 0 Å². The van der Waals surface area contributed by atoms with E-state index in [1.54, 1.807) is 48.5 Å². The van der Waals surface area contributed by atoms with Crippen LogP contribution in [0.5, 0.6) is 5.75 Å². The number of anilines is 3. The highest BCUT2D eigenvalue weighted by Crippen LogP contribution is 2.22. The number of benzene rings is 3.